The van der Waals surface area contributed by atoms with Crippen LogP contribution in [0.1, 0.15) is 17.0 Å². The zero-order chi connectivity index (χ0) is 18.7. The Balaban J connectivity index is 1.58. The first-order chi connectivity index (χ1) is 12.5. The Morgan fingerprint density at radius 1 is 1.38 bits per heavy atom. The molecule has 1 aliphatic rings. The van der Waals surface area contributed by atoms with Crippen LogP contribution in [0.3, 0.4) is 0 Å². The fourth-order valence-electron chi connectivity index (χ4n) is 3.15. The number of amides is 1. The van der Waals surface area contributed by atoms with Crippen LogP contribution in [0.2, 0.25) is 0 Å². The molecule has 3 rings (SSSR count). The number of aromatic nitrogens is 2. The third-order valence-electron chi connectivity index (χ3n) is 4.53. The first-order valence-corrected chi connectivity index (χ1v) is 8.60. The predicted molar refractivity (Wildman–Crippen MR) is 96.7 cm³/mol. The van der Waals surface area contributed by atoms with E-state index >= 15 is 0 Å². The van der Waals surface area contributed by atoms with E-state index in [-0.39, 0.29) is 17.5 Å². The summed E-state index contributed by atoms with van der Waals surface area (Å²) < 4.78 is 12.5. The molecule has 2 heterocycles. The zero-order valence-corrected chi connectivity index (χ0v) is 15.2. The minimum atomic E-state index is -0.293. The van der Waals surface area contributed by atoms with E-state index < -0.39 is 0 Å². The molecule has 138 valence electrons. The van der Waals surface area contributed by atoms with E-state index in [4.69, 9.17) is 9.47 Å². The molecule has 0 saturated carbocycles. The van der Waals surface area contributed by atoms with Gasteiger partial charge in [0.15, 0.2) is 0 Å². The molecule has 1 aliphatic heterocycles. The number of rotatable bonds is 5. The molecule has 0 bridgehead atoms. The van der Waals surface area contributed by atoms with Crippen molar-refractivity contribution < 1.29 is 14.3 Å². The van der Waals surface area contributed by atoms with E-state index in [1.54, 1.807) is 18.6 Å². The molecule has 7 heteroatoms. The third-order valence-corrected chi connectivity index (χ3v) is 4.53. The molecule has 1 N–H and O–H groups in total. The van der Waals surface area contributed by atoms with Gasteiger partial charge in [-0.3, -0.25) is 9.36 Å². The third kappa shape index (κ3) is 3.87. The van der Waals surface area contributed by atoms with Crippen LogP contribution in [0, 0.1) is 19.8 Å². The van der Waals surface area contributed by atoms with Crippen molar-refractivity contribution in [1.29, 1.82) is 0 Å². The second-order valence-corrected chi connectivity index (χ2v) is 6.45. The number of hydrogen-bond donors (Lipinski definition) is 1. The molecular formula is C19H23N3O4. The Bertz CT molecular complexity index is 876. The van der Waals surface area contributed by atoms with E-state index in [0.29, 0.717) is 31.8 Å². The van der Waals surface area contributed by atoms with Gasteiger partial charge in [-0.1, -0.05) is 0 Å². The number of aryl methyl sites for hydroxylation is 2. The molecule has 1 aromatic heterocycles. The summed E-state index contributed by atoms with van der Waals surface area (Å²) in [5, 5.41) is 2.89. The molecule has 1 aromatic carbocycles. The number of carbonyl (C=O) groups is 1. The maximum atomic E-state index is 12.5. The van der Waals surface area contributed by atoms with Gasteiger partial charge in [0.25, 0.3) is 0 Å². The Morgan fingerprint density at radius 2 is 2.19 bits per heavy atom. The number of nitrogens with zero attached hydrogens (tertiary/aromatic N) is 2. The van der Waals surface area contributed by atoms with Crippen LogP contribution < -0.4 is 20.5 Å². The highest BCUT2D eigenvalue weighted by molar-refractivity contribution is 5.79. The number of fused-ring (bicyclic) bond motifs is 1. The SMILES string of the molecule is COc1ccc2c(c1)C[C@@H](C(=O)NCCn1c(C)cc(C)nc1=O)CO2. The first-order valence-electron chi connectivity index (χ1n) is 8.60. The van der Waals surface area contributed by atoms with Crippen molar-refractivity contribution in [2.75, 3.05) is 20.3 Å². The number of benzene rings is 1. The number of carbonyl (C=O) groups excluding carboxylic acids is 1. The van der Waals surface area contributed by atoms with Crippen molar-refractivity contribution in [3.8, 4) is 11.5 Å². The van der Waals surface area contributed by atoms with Gasteiger partial charge in [-0.15, -0.1) is 0 Å². The van der Waals surface area contributed by atoms with Crippen LogP contribution in [0.15, 0.2) is 29.1 Å². The monoisotopic (exact) mass is 357 g/mol. The highest BCUT2D eigenvalue weighted by atomic mass is 16.5. The molecule has 1 amide bonds. The maximum absolute atomic E-state index is 12.5. The lowest BCUT2D eigenvalue weighted by Gasteiger charge is -2.25. The Kier molecular flexibility index (Phi) is 5.25. The van der Waals surface area contributed by atoms with Gasteiger partial charge in [0.1, 0.15) is 18.1 Å². The summed E-state index contributed by atoms with van der Waals surface area (Å²) in [6.07, 6.45) is 0.601. The minimum absolute atomic E-state index is 0.0794. The average Bonchev–Trinajstić information content (AvgIpc) is 2.62. The van der Waals surface area contributed by atoms with Gasteiger partial charge in [0.2, 0.25) is 5.91 Å². The van der Waals surface area contributed by atoms with Crippen LogP contribution >= 0.6 is 0 Å². The number of nitrogens with one attached hydrogen (secondary N) is 1. The molecule has 0 fully saturated rings. The topological polar surface area (TPSA) is 82.5 Å². The molecule has 7 nitrogen and oxygen atoms in total. The van der Waals surface area contributed by atoms with E-state index in [1.165, 1.54) is 0 Å². The molecule has 0 radical (unpaired) electrons. The summed E-state index contributed by atoms with van der Waals surface area (Å²) in [7, 11) is 1.61. The van der Waals surface area contributed by atoms with Gasteiger partial charge in [-0.25, -0.2) is 4.79 Å². The number of hydrogen-bond acceptors (Lipinski definition) is 5. The van der Waals surface area contributed by atoms with Gasteiger partial charge in [0.05, 0.1) is 13.0 Å². The quantitative estimate of drug-likeness (QED) is 0.870. The van der Waals surface area contributed by atoms with Gasteiger partial charge in [-0.05, 0) is 50.1 Å². The highest BCUT2D eigenvalue weighted by Crippen LogP contribution is 2.30. The normalized spacial score (nSPS) is 15.7. The molecular weight excluding hydrogens is 334 g/mol. The van der Waals surface area contributed by atoms with Gasteiger partial charge >= 0.3 is 5.69 Å². The summed E-state index contributed by atoms with van der Waals surface area (Å²) >= 11 is 0. The van der Waals surface area contributed by atoms with Crippen LogP contribution in [-0.4, -0.2) is 35.7 Å². The van der Waals surface area contributed by atoms with Crippen molar-refractivity contribution in [1.82, 2.24) is 14.9 Å². The first kappa shape index (κ1) is 18.0. The fourth-order valence-corrected chi connectivity index (χ4v) is 3.15. The Hall–Kier alpha value is -2.83. The molecule has 26 heavy (non-hydrogen) atoms. The lowest BCUT2D eigenvalue weighted by molar-refractivity contribution is -0.126. The summed E-state index contributed by atoms with van der Waals surface area (Å²) in [6, 6.07) is 7.45. The average molecular weight is 357 g/mol. The highest BCUT2D eigenvalue weighted by Gasteiger charge is 2.26. The van der Waals surface area contributed by atoms with Crippen LogP contribution in [0.25, 0.3) is 0 Å². The molecule has 2 aromatic rings. The molecule has 0 unspecified atom stereocenters. The number of ether oxygens (including phenoxy) is 2. The maximum Gasteiger partial charge on any atom is 0.348 e. The summed E-state index contributed by atoms with van der Waals surface area (Å²) in [5.41, 5.74) is 2.20. The minimum Gasteiger partial charge on any atom is -0.497 e. The van der Waals surface area contributed by atoms with Crippen molar-refractivity contribution in [3.05, 3.63) is 51.7 Å². The fraction of sp³-hybridized carbons (Fsp3) is 0.421. The van der Waals surface area contributed by atoms with Crippen molar-refractivity contribution in [2.45, 2.75) is 26.8 Å². The molecule has 0 aliphatic carbocycles. The van der Waals surface area contributed by atoms with Gasteiger partial charge in [-0.2, -0.15) is 4.98 Å². The zero-order valence-electron chi connectivity index (χ0n) is 15.2. The van der Waals surface area contributed by atoms with Crippen molar-refractivity contribution >= 4 is 5.91 Å². The van der Waals surface area contributed by atoms with E-state index in [1.807, 2.05) is 31.2 Å². The van der Waals surface area contributed by atoms with Crippen LogP contribution in [-0.2, 0) is 17.8 Å². The van der Waals surface area contributed by atoms with Gasteiger partial charge < -0.3 is 14.8 Å². The molecule has 0 saturated heterocycles. The smallest absolute Gasteiger partial charge is 0.348 e. The standard InChI is InChI=1S/C19H23N3O4/c1-12-8-13(2)22(19(24)21-12)7-6-20-18(23)15-9-14-10-16(25-3)4-5-17(14)26-11-15/h4-5,8,10,15H,6-7,9,11H2,1-3H3,(H,20,23)/t15-/m1/s1. The van der Waals surface area contributed by atoms with E-state index in [2.05, 4.69) is 10.3 Å². The van der Waals surface area contributed by atoms with E-state index in [0.717, 1.165) is 22.8 Å². The summed E-state index contributed by atoms with van der Waals surface area (Å²) in [6.45, 7) is 4.75. The summed E-state index contributed by atoms with van der Waals surface area (Å²) in [5.74, 6) is 1.20. The molecule has 0 spiro atoms. The van der Waals surface area contributed by atoms with Crippen LogP contribution in [0.4, 0.5) is 0 Å². The Morgan fingerprint density at radius 3 is 2.92 bits per heavy atom. The van der Waals surface area contributed by atoms with Crippen LogP contribution in [0.5, 0.6) is 11.5 Å². The Labute approximate surface area is 152 Å². The second kappa shape index (κ2) is 7.59. The lowest BCUT2D eigenvalue weighted by Crippen LogP contribution is -2.40. The largest absolute Gasteiger partial charge is 0.497 e. The van der Waals surface area contributed by atoms with Crippen molar-refractivity contribution in [3.63, 3.8) is 0 Å². The van der Waals surface area contributed by atoms with E-state index in [9.17, 15) is 9.59 Å². The molecule has 1 atom stereocenters. The van der Waals surface area contributed by atoms with Gasteiger partial charge in [0, 0.05) is 24.5 Å². The van der Waals surface area contributed by atoms with Crippen molar-refractivity contribution in [2.24, 2.45) is 5.92 Å². The number of methoxy groups -OCH3 is 1. The lowest BCUT2D eigenvalue weighted by atomic mass is 9.96. The second-order valence-electron chi connectivity index (χ2n) is 6.45. The summed E-state index contributed by atoms with van der Waals surface area (Å²) in [4.78, 5) is 28.3. The predicted octanol–water partition coefficient (Wildman–Crippen LogP) is 1.24.